The number of ether oxygens (including phenoxy) is 2. The van der Waals surface area contributed by atoms with Gasteiger partial charge in [-0.1, -0.05) is 30.3 Å². The van der Waals surface area contributed by atoms with E-state index in [1.807, 2.05) is 30.3 Å². The molecule has 162 valence electrons. The SMILES string of the molecule is O=C(CCc1ccccc1)c1c(O)cc(O)cc1O[C@@H]1O[C@H](CO)[C@H](O)[C@@H](O)[C@@H]1O. The standard InChI is InChI=1S/C21H24O9/c22-10-16-18(26)19(27)20(28)21(30-16)29-15-9-12(23)8-14(25)17(15)13(24)7-6-11-4-2-1-3-5-11/h1-5,8-9,16,18-23,25-28H,6-7,10H2/t16-,18+,19-,20+,21-/m1/s1. The van der Waals surface area contributed by atoms with Crippen LogP contribution in [0.2, 0.25) is 0 Å². The summed E-state index contributed by atoms with van der Waals surface area (Å²) in [5.41, 5.74) is 0.696. The number of Topliss-reactive ketones (excluding diaryl/α,β-unsaturated/α-hetero) is 1. The number of benzene rings is 2. The molecule has 1 aliphatic rings. The topological polar surface area (TPSA) is 157 Å². The molecule has 0 radical (unpaired) electrons. The largest absolute Gasteiger partial charge is 0.508 e. The lowest BCUT2D eigenvalue weighted by molar-refractivity contribution is -0.277. The molecule has 0 unspecified atom stereocenters. The van der Waals surface area contributed by atoms with Gasteiger partial charge >= 0.3 is 0 Å². The number of rotatable bonds is 7. The minimum Gasteiger partial charge on any atom is -0.508 e. The van der Waals surface area contributed by atoms with E-state index in [0.717, 1.165) is 17.7 Å². The number of carbonyl (C=O) groups excluding carboxylic acids is 1. The first-order chi connectivity index (χ1) is 14.3. The Labute approximate surface area is 172 Å². The number of aromatic hydroxyl groups is 2. The molecule has 1 aliphatic heterocycles. The highest BCUT2D eigenvalue weighted by molar-refractivity contribution is 6.01. The van der Waals surface area contributed by atoms with Crippen LogP contribution in [-0.2, 0) is 11.2 Å². The number of aliphatic hydroxyl groups is 4. The number of phenols is 2. The summed E-state index contributed by atoms with van der Waals surface area (Å²) >= 11 is 0. The van der Waals surface area contributed by atoms with Crippen molar-refractivity contribution in [2.75, 3.05) is 6.61 Å². The van der Waals surface area contributed by atoms with Crippen LogP contribution in [0.5, 0.6) is 17.2 Å². The third-order valence-corrected chi connectivity index (χ3v) is 4.92. The van der Waals surface area contributed by atoms with Gasteiger partial charge in [0.25, 0.3) is 0 Å². The van der Waals surface area contributed by atoms with Gasteiger partial charge in [0.15, 0.2) is 5.78 Å². The van der Waals surface area contributed by atoms with Gasteiger partial charge in [0.2, 0.25) is 6.29 Å². The summed E-state index contributed by atoms with van der Waals surface area (Å²) in [4.78, 5) is 12.8. The maximum Gasteiger partial charge on any atom is 0.229 e. The Balaban J connectivity index is 1.83. The van der Waals surface area contributed by atoms with Gasteiger partial charge in [-0.25, -0.2) is 0 Å². The van der Waals surface area contributed by atoms with E-state index < -0.39 is 54.6 Å². The molecular weight excluding hydrogens is 396 g/mol. The molecule has 9 heteroatoms. The second-order valence-corrected chi connectivity index (χ2v) is 7.06. The van der Waals surface area contributed by atoms with Crippen LogP contribution in [-0.4, -0.2) is 73.7 Å². The van der Waals surface area contributed by atoms with Gasteiger partial charge in [0, 0.05) is 18.6 Å². The molecule has 0 amide bonds. The van der Waals surface area contributed by atoms with E-state index in [0.29, 0.717) is 6.42 Å². The molecule has 5 atom stereocenters. The number of aryl methyl sites for hydroxylation is 1. The van der Waals surface area contributed by atoms with Crippen LogP contribution in [0.1, 0.15) is 22.3 Å². The number of aliphatic hydroxyl groups excluding tert-OH is 4. The van der Waals surface area contributed by atoms with Crippen molar-refractivity contribution in [1.82, 2.24) is 0 Å². The highest BCUT2D eigenvalue weighted by Gasteiger charge is 2.45. The smallest absolute Gasteiger partial charge is 0.229 e. The van der Waals surface area contributed by atoms with Gasteiger partial charge in [-0.3, -0.25) is 4.79 Å². The van der Waals surface area contributed by atoms with Crippen molar-refractivity contribution in [1.29, 1.82) is 0 Å². The van der Waals surface area contributed by atoms with Crippen molar-refractivity contribution in [3.63, 3.8) is 0 Å². The van der Waals surface area contributed by atoms with Crippen LogP contribution in [0.4, 0.5) is 0 Å². The van der Waals surface area contributed by atoms with Crippen LogP contribution >= 0.6 is 0 Å². The number of hydrogen-bond acceptors (Lipinski definition) is 9. The molecule has 30 heavy (non-hydrogen) atoms. The highest BCUT2D eigenvalue weighted by atomic mass is 16.7. The molecule has 1 saturated heterocycles. The van der Waals surface area contributed by atoms with E-state index in [-0.39, 0.29) is 17.7 Å². The lowest BCUT2D eigenvalue weighted by atomic mass is 9.99. The summed E-state index contributed by atoms with van der Waals surface area (Å²) in [7, 11) is 0. The number of carbonyl (C=O) groups is 1. The molecule has 2 aromatic carbocycles. The summed E-state index contributed by atoms with van der Waals surface area (Å²) in [6.07, 6.45) is -7.30. The fourth-order valence-corrected chi connectivity index (χ4v) is 3.28. The monoisotopic (exact) mass is 420 g/mol. The van der Waals surface area contributed by atoms with Crippen LogP contribution in [0, 0.1) is 0 Å². The van der Waals surface area contributed by atoms with E-state index in [1.165, 1.54) is 0 Å². The van der Waals surface area contributed by atoms with Gasteiger partial charge < -0.3 is 40.1 Å². The van der Waals surface area contributed by atoms with Gasteiger partial charge in [0.05, 0.1) is 6.61 Å². The Morgan fingerprint density at radius 3 is 2.37 bits per heavy atom. The zero-order chi connectivity index (χ0) is 21.8. The molecule has 0 aliphatic carbocycles. The first kappa shape index (κ1) is 22.0. The summed E-state index contributed by atoms with van der Waals surface area (Å²) in [5, 5.41) is 59.3. The number of hydrogen-bond donors (Lipinski definition) is 6. The maximum atomic E-state index is 12.8. The lowest BCUT2D eigenvalue weighted by Crippen LogP contribution is -2.60. The Morgan fingerprint density at radius 2 is 1.70 bits per heavy atom. The van der Waals surface area contributed by atoms with Gasteiger partial charge in [-0.2, -0.15) is 0 Å². The summed E-state index contributed by atoms with van der Waals surface area (Å²) in [6.45, 7) is -0.654. The normalized spacial score (nSPS) is 26.3. The lowest BCUT2D eigenvalue weighted by Gasteiger charge is -2.39. The molecule has 3 rings (SSSR count). The van der Waals surface area contributed by atoms with Gasteiger partial charge in [-0.15, -0.1) is 0 Å². The van der Waals surface area contributed by atoms with Gasteiger partial charge in [-0.05, 0) is 12.0 Å². The van der Waals surface area contributed by atoms with Crippen molar-refractivity contribution in [2.45, 2.75) is 43.5 Å². The average Bonchev–Trinajstić information content (AvgIpc) is 2.72. The zero-order valence-corrected chi connectivity index (χ0v) is 16.0. The van der Waals surface area contributed by atoms with E-state index in [9.17, 15) is 35.4 Å². The maximum absolute atomic E-state index is 12.8. The molecule has 0 saturated carbocycles. The van der Waals surface area contributed by atoms with Crippen LogP contribution in [0.25, 0.3) is 0 Å². The van der Waals surface area contributed by atoms with Crippen molar-refractivity contribution in [3.05, 3.63) is 53.6 Å². The first-order valence-corrected chi connectivity index (χ1v) is 9.42. The third-order valence-electron chi connectivity index (χ3n) is 4.92. The van der Waals surface area contributed by atoms with Crippen LogP contribution in [0.15, 0.2) is 42.5 Å². The molecule has 1 fully saturated rings. The number of phenolic OH excluding ortho intramolecular Hbond substituents is 2. The quantitative estimate of drug-likeness (QED) is 0.342. The van der Waals surface area contributed by atoms with Gasteiger partial charge in [0.1, 0.15) is 47.2 Å². The van der Waals surface area contributed by atoms with E-state index in [2.05, 4.69) is 0 Å². The molecule has 9 nitrogen and oxygen atoms in total. The minimum atomic E-state index is -1.71. The summed E-state index contributed by atoms with van der Waals surface area (Å²) < 4.78 is 10.8. The predicted molar refractivity (Wildman–Crippen MR) is 103 cm³/mol. The zero-order valence-electron chi connectivity index (χ0n) is 16.0. The Morgan fingerprint density at radius 1 is 1.00 bits per heavy atom. The number of ketones is 1. The van der Waals surface area contributed by atoms with Crippen molar-refractivity contribution in [2.24, 2.45) is 0 Å². The Kier molecular flexibility index (Phi) is 6.91. The fourth-order valence-electron chi connectivity index (χ4n) is 3.28. The van der Waals surface area contributed by atoms with Crippen molar-refractivity contribution < 1.29 is 44.9 Å². The molecule has 2 aromatic rings. The molecule has 6 N–H and O–H groups in total. The predicted octanol–water partition coefficient (Wildman–Crippen LogP) is 0.0920. The Hall–Kier alpha value is -2.69. The summed E-state index contributed by atoms with van der Waals surface area (Å²) in [6, 6.07) is 11.3. The van der Waals surface area contributed by atoms with Crippen LogP contribution < -0.4 is 4.74 Å². The highest BCUT2D eigenvalue weighted by Crippen LogP contribution is 2.36. The van der Waals surface area contributed by atoms with Crippen LogP contribution in [0.3, 0.4) is 0 Å². The molecule has 0 bridgehead atoms. The van der Waals surface area contributed by atoms with E-state index >= 15 is 0 Å². The molecular formula is C21H24O9. The van der Waals surface area contributed by atoms with Crippen molar-refractivity contribution in [3.8, 4) is 17.2 Å². The molecule has 1 heterocycles. The average molecular weight is 420 g/mol. The minimum absolute atomic E-state index is 0.0351. The molecule has 0 spiro atoms. The molecule has 0 aromatic heterocycles. The van der Waals surface area contributed by atoms with E-state index in [4.69, 9.17) is 9.47 Å². The Bertz CT molecular complexity index is 868. The third kappa shape index (κ3) is 4.72. The fraction of sp³-hybridized carbons (Fsp3) is 0.381. The van der Waals surface area contributed by atoms with E-state index in [1.54, 1.807) is 0 Å². The second kappa shape index (κ2) is 9.41. The first-order valence-electron chi connectivity index (χ1n) is 9.42. The van der Waals surface area contributed by atoms with Crippen molar-refractivity contribution >= 4 is 5.78 Å². The second-order valence-electron chi connectivity index (χ2n) is 7.06. The summed E-state index contributed by atoms with van der Waals surface area (Å²) in [5.74, 6) is -1.66.